The van der Waals surface area contributed by atoms with Crippen LogP contribution in [0.4, 0.5) is 27.0 Å². The third kappa shape index (κ3) is 7.75. The largest absolute Gasteiger partial charge is 0.480 e. The molecule has 2 aromatic rings. The molecule has 42 heavy (non-hydrogen) atoms. The molecule has 2 N–H and O–H groups in total. The maximum absolute atomic E-state index is 13.5. The topological polar surface area (TPSA) is 131 Å². The minimum Gasteiger partial charge on any atom is -0.480 e. The van der Waals surface area contributed by atoms with Crippen molar-refractivity contribution in [2.45, 2.75) is 46.1 Å². The standard InChI is InChI=1S/C29H41N7O5S/c1-4-33(5-2)27-30-20-24(36(6-3)28(39)34-15-17-42-18-16-34)25(32-27)31-23(26(37)38)19-21-9-11-22(12-10-21)41-29(40)35-13-7-8-14-35/h9-12,20,23H,4-8,13-19H2,1-3H3,(H,37,38)(H,30,31,32). The molecule has 12 nitrogen and oxygen atoms in total. The molecule has 3 heterocycles. The second-order valence-corrected chi connectivity index (χ2v) is 11.4. The fourth-order valence-electron chi connectivity index (χ4n) is 5.02. The minimum absolute atomic E-state index is 0.142. The fourth-order valence-corrected chi connectivity index (χ4v) is 5.93. The summed E-state index contributed by atoms with van der Waals surface area (Å²) in [5.74, 6) is 1.85. The number of likely N-dealkylation sites (tertiary alicyclic amines) is 1. The maximum Gasteiger partial charge on any atom is 0.415 e. The number of nitrogens with zero attached hydrogens (tertiary/aromatic N) is 6. The lowest BCUT2D eigenvalue weighted by Crippen LogP contribution is -2.47. The number of urea groups is 1. The van der Waals surface area contributed by atoms with Gasteiger partial charge in [0.2, 0.25) is 5.95 Å². The summed E-state index contributed by atoms with van der Waals surface area (Å²) < 4.78 is 5.48. The summed E-state index contributed by atoms with van der Waals surface area (Å²) in [6.07, 6.45) is 3.33. The molecule has 2 aliphatic heterocycles. The number of carboxylic acids is 1. The van der Waals surface area contributed by atoms with E-state index >= 15 is 0 Å². The number of carbonyl (C=O) groups is 3. The van der Waals surface area contributed by atoms with Gasteiger partial charge in [-0.15, -0.1) is 0 Å². The molecular weight excluding hydrogens is 558 g/mol. The molecule has 4 rings (SSSR count). The van der Waals surface area contributed by atoms with E-state index in [1.54, 1.807) is 40.3 Å². The number of amides is 3. The molecule has 2 saturated heterocycles. The Morgan fingerprint density at radius 1 is 1.00 bits per heavy atom. The summed E-state index contributed by atoms with van der Waals surface area (Å²) in [5, 5.41) is 13.3. The van der Waals surface area contributed by atoms with Crippen molar-refractivity contribution in [1.82, 2.24) is 19.8 Å². The average molecular weight is 600 g/mol. The van der Waals surface area contributed by atoms with Crippen LogP contribution in [0.1, 0.15) is 39.2 Å². The summed E-state index contributed by atoms with van der Waals surface area (Å²) in [7, 11) is 0. The smallest absolute Gasteiger partial charge is 0.415 e. The fraction of sp³-hybridized carbons (Fsp3) is 0.552. The lowest BCUT2D eigenvalue weighted by molar-refractivity contribution is -0.137. The minimum atomic E-state index is -1.06. The average Bonchev–Trinajstić information content (AvgIpc) is 3.55. The van der Waals surface area contributed by atoms with Crippen LogP contribution in [0.25, 0.3) is 0 Å². The molecule has 0 spiro atoms. The molecular formula is C29H41N7O5S. The SMILES string of the molecule is CCN(CC)c1ncc(N(CC)C(=O)N2CCSCC2)c(NC(Cc2ccc(OC(=O)N3CCCC3)cc2)C(=O)O)n1. The first-order chi connectivity index (χ1) is 20.3. The summed E-state index contributed by atoms with van der Waals surface area (Å²) in [6.45, 7) is 10.3. The Hall–Kier alpha value is -3.74. The summed E-state index contributed by atoms with van der Waals surface area (Å²) in [6, 6.07) is 5.66. The lowest BCUT2D eigenvalue weighted by Gasteiger charge is -2.33. The van der Waals surface area contributed by atoms with Gasteiger partial charge in [-0.3, -0.25) is 4.90 Å². The van der Waals surface area contributed by atoms with Gasteiger partial charge in [0.05, 0.1) is 6.20 Å². The van der Waals surface area contributed by atoms with Crippen LogP contribution in [0.2, 0.25) is 0 Å². The van der Waals surface area contributed by atoms with Crippen molar-refractivity contribution < 1.29 is 24.2 Å². The Bertz CT molecular complexity index is 1220. The highest BCUT2D eigenvalue weighted by atomic mass is 32.2. The zero-order valence-electron chi connectivity index (χ0n) is 24.6. The Morgan fingerprint density at radius 2 is 1.67 bits per heavy atom. The van der Waals surface area contributed by atoms with E-state index in [2.05, 4.69) is 10.3 Å². The molecule has 1 atom stereocenters. The van der Waals surface area contributed by atoms with E-state index in [4.69, 9.17) is 9.72 Å². The van der Waals surface area contributed by atoms with E-state index in [1.165, 1.54) is 0 Å². The van der Waals surface area contributed by atoms with E-state index < -0.39 is 12.0 Å². The first-order valence-electron chi connectivity index (χ1n) is 14.7. The number of ether oxygens (including phenoxy) is 1. The quantitative estimate of drug-likeness (QED) is 0.390. The third-order valence-corrected chi connectivity index (χ3v) is 8.41. The molecule has 1 aromatic carbocycles. The summed E-state index contributed by atoms with van der Waals surface area (Å²) in [4.78, 5) is 54.6. The van der Waals surface area contributed by atoms with Gasteiger partial charge in [-0.25, -0.2) is 19.4 Å². The normalized spacial score (nSPS) is 15.7. The molecule has 2 aliphatic rings. The highest BCUT2D eigenvalue weighted by Gasteiger charge is 2.28. The van der Waals surface area contributed by atoms with Crippen molar-refractivity contribution >= 4 is 47.3 Å². The highest BCUT2D eigenvalue weighted by Crippen LogP contribution is 2.28. The van der Waals surface area contributed by atoms with E-state index in [0.29, 0.717) is 63.2 Å². The molecule has 1 aromatic heterocycles. The number of aromatic nitrogens is 2. The van der Waals surface area contributed by atoms with Gasteiger partial charge in [-0.2, -0.15) is 16.7 Å². The number of nitrogens with one attached hydrogen (secondary N) is 1. The van der Waals surface area contributed by atoms with Crippen molar-refractivity contribution in [3.05, 3.63) is 36.0 Å². The van der Waals surface area contributed by atoms with Crippen LogP contribution in [0.15, 0.2) is 30.5 Å². The Balaban J connectivity index is 1.56. The van der Waals surface area contributed by atoms with Gasteiger partial charge in [0.1, 0.15) is 17.5 Å². The zero-order chi connectivity index (χ0) is 30.1. The molecule has 13 heteroatoms. The van der Waals surface area contributed by atoms with Gasteiger partial charge in [-0.05, 0) is 51.3 Å². The predicted octanol–water partition coefficient (Wildman–Crippen LogP) is 4.02. The molecule has 1 unspecified atom stereocenters. The number of carboxylic acid groups (broad SMARTS) is 1. The van der Waals surface area contributed by atoms with Crippen LogP contribution in [0, 0.1) is 0 Å². The first kappa shape index (κ1) is 31.2. The maximum atomic E-state index is 13.5. The van der Waals surface area contributed by atoms with Crippen LogP contribution in [0.3, 0.4) is 0 Å². The molecule has 228 valence electrons. The molecule has 0 bridgehead atoms. The predicted molar refractivity (Wildman–Crippen MR) is 165 cm³/mol. The molecule has 0 saturated carbocycles. The van der Waals surface area contributed by atoms with Crippen molar-refractivity contribution in [2.75, 3.05) is 72.4 Å². The van der Waals surface area contributed by atoms with Gasteiger partial charge in [0, 0.05) is 63.7 Å². The third-order valence-electron chi connectivity index (χ3n) is 7.46. The Morgan fingerprint density at radius 3 is 2.26 bits per heavy atom. The number of benzene rings is 1. The van der Waals surface area contributed by atoms with E-state index in [0.717, 1.165) is 29.9 Å². The van der Waals surface area contributed by atoms with Crippen molar-refractivity contribution in [2.24, 2.45) is 0 Å². The van der Waals surface area contributed by atoms with Gasteiger partial charge < -0.3 is 29.9 Å². The van der Waals surface area contributed by atoms with Gasteiger partial charge >= 0.3 is 18.1 Å². The Labute approximate surface area is 251 Å². The van der Waals surface area contributed by atoms with E-state index in [-0.39, 0.29) is 24.4 Å². The molecule has 2 fully saturated rings. The number of carbonyl (C=O) groups excluding carboxylic acids is 2. The second-order valence-electron chi connectivity index (χ2n) is 10.1. The molecule has 0 radical (unpaired) electrons. The van der Waals surface area contributed by atoms with Gasteiger partial charge in [0.15, 0.2) is 5.82 Å². The lowest BCUT2D eigenvalue weighted by atomic mass is 10.1. The van der Waals surface area contributed by atoms with Crippen molar-refractivity contribution in [3.63, 3.8) is 0 Å². The molecule has 3 amide bonds. The number of thioether (sulfide) groups is 1. The number of anilines is 3. The second kappa shape index (κ2) is 14.9. The van der Waals surface area contributed by atoms with Crippen LogP contribution in [0.5, 0.6) is 5.75 Å². The highest BCUT2D eigenvalue weighted by molar-refractivity contribution is 7.99. The van der Waals surface area contributed by atoms with Crippen molar-refractivity contribution in [1.29, 1.82) is 0 Å². The van der Waals surface area contributed by atoms with Crippen LogP contribution in [-0.4, -0.2) is 106 Å². The number of hydrogen-bond acceptors (Lipinski definition) is 9. The van der Waals surface area contributed by atoms with Gasteiger partial charge in [0.25, 0.3) is 0 Å². The zero-order valence-corrected chi connectivity index (χ0v) is 25.4. The molecule has 0 aliphatic carbocycles. The van der Waals surface area contributed by atoms with Crippen molar-refractivity contribution in [3.8, 4) is 5.75 Å². The summed E-state index contributed by atoms with van der Waals surface area (Å²) in [5.41, 5.74) is 1.18. The summed E-state index contributed by atoms with van der Waals surface area (Å²) >= 11 is 1.82. The van der Waals surface area contributed by atoms with Crippen LogP contribution in [-0.2, 0) is 11.2 Å². The monoisotopic (exact) mass is 599 g/mol. The first-order valence-corrected chi connectivity index (χ1v) is 15.8. The number of aliphatic carboxylic acids is 1. The Kier molecular flexibility index (Phi) is 11.1. The van der Waals surface area contributed by atoms with Crippen LogP contribution < -0.4 is 19.9 Å². The van der Waals surface area contributed by atoms with E-state index in [1.807, 2.05) is 42.3 Å². The number of hydrogen-bond donors (Lipinski definition) is 2. The van der Waals surface area contributed by atoms with Crippen LogP contribution >= 0.6 is 11.8 Å². The number of rotatable bonds is 11. The van der Waals surface area contributed by atoms with Gasteiger partial charge in [-0.1, -0.05) is 12.1 Å². The van der Waals surface area contributed by atoms with E-state index in [9.17, 15) is 19.5 Å².